The van der Waals surface area contributed by atoms with Gasteiger partial charge in [-0.25, -0.2) is 0 Å². The van der Waals surface area contributed by atoms with E-state index in [2.05, 4.69) is 0 Å². The minimum atomic E-state index is -0.783. The van der Waals surface area contributed by atoms with Crippen LogP contribution < -0.4 is 0 Å². The number of unbranched alkanes of at least 4 members (excludes halogenated alkanes) is 4. The van der Waals surface area contributed by atoms with Gasteiger partial charge >= 0.3 is 5.97 Å². The summed E-state index contributed by atoms with van der Waals surface area (Å²) in [5.41, 5.74) is 0.513. The number of aliphatic carboxylic acids is 1. The van der Waals surface area contributed by atoms with Crippen LogP contribution in [0.2, 0.25) is 0 Å². The fourth-order valence-electron chi connectivity index (χ4n) is 3.88. The summed E-state index contributed by atoms with van der Waals surface area (Å²) in [5.74, 6) is -0.485. The lowest BCUT2D eigenvalue weighted by Gasteiger charge is -2.18. The van der Waals surface area contributed by atoms with Crippen molar-refractivity contribution >= 4 is 12.4 Å². The molecule has 3 N–H and O–H groups in total. The van der Waals surface area contributed by atoms with Crippen LogP contribution in [0.25, 0.3) is 0 Å². The van der Waals surface area contributed by atoms with E-state index in [1.807, 2.05) is 0 Å². The van der Waals surface area contributed by atoms with Gasteiger partial charge in [0.1, 0.15) is 17.1 Å². The van der Waals surface area contributed by atoms with E-state index in [0.717, 1.165) is 69.8 Å². The quantitative estimate of drug-likeness (QED) is 0.269. The molecule has 0 bridgehead atoms. The molecule has 1 aromatic carbocycles. The lowest BCUT2D eigenvalue weighted by atomic mass is 9.87. The number of carbonyl (C=O) groups excluding carboxylic acids is 1. The van der Waals surface area contributed by atoms with Crippen molar-refractivity contribution in [3.8, 4) is 11.5 Å². The molecular weight excluding hydrogens is 384 g/mol. The van der Waals surface area contributed by atoms with Crippen LogP contribution in [0, 0.1) is 5.41 Å². The molecule has 0 heterocycles. The monoisotopic (exact) mass is 420 g/mol. The number of carbonyl (C=O) groups is 2. The van der Waals surface area contributed by atoms with Crippen molar-refractivity contribution in [2.45, 2.75) is 96.5 Å². The molecule has 0 unspecified atom stereocenters. The van der Waals surface area contributed by atoms with Crippen molar-refractivity contribution in [2.75, 3.05) is 0 Å². The molecule has 0 saturated heterocycles. The number of aryl methyl sites for hydroxylation is 1. The first-order chi connectivity index (χ1) is 14.2. The molecule has 2 rings (SSSR count). The third-order valence-electron chi connectivity index (χ3n) is 6.33. The molecular formula is C24H36O6. The number of rotatable bonds is 15. The number of ether oxygens (including phenoxy) is 1. The number of phenols is 2. The summed E-state index contributed by atoms with van der Waals surface area (Å²) in [6, 6.07) is 3.43. The van der Waals surface area contributed by atoms with E-state index in [1.54, 1.807) is 26.0 Å². The molecule has 1 saturated carbocycles. The Morgan fingerprint density at radius 3 is 2.37 bits per heavy atom. The van der Waals surface area contributed by atoms with Gasteiger partial charge in [-0.15, -0.1) is 0 Å². The molecule has 6 heteroatoms. The predicted octanol–water partition coefficient (Wildman–Crippen LogP) is 5.12. The smallest absolute Gasteiger partial charge is 0.309 e. The fourth-order valence-corrected chi connectivity index (χ4v) is 3.88. The number of hydrogen-bond donors (Lipinski definition) is 3. The van der Waals surface area contributed by atoms with E-state index in [9.17, 15) is 19.8 Å². The third kappa shape index (κ3) is 6.92. The molecule has 0 atom stereocenters. The maximum absolute atomic E-state index is 11.2. The molecule has 6 nitrogen and oxygen atoms in total. The van der Waals surface area contributed by atoms with Gasteiger partial charge in [-0.1, -0.05) is 25.3 Å². The summed E-state index contributed by atoms with van der Waals surface area (Å²) in [4.78, 5) is 21.7. The summed E-state index contributed by atoms with van der Waals surface area (Å²) in [6.07, 6.45) is 10.1. The second kappa shape index (κ2) is 10.7. The van der Waals surface area contributed by atoms with E-state index >= 15 is 0 Å². The van der Waals surface area contributed by atoms with Crippen LogP contribution in [-0.4, -0.2) is 33.4 Å². The molecule has 1 fully saturated rings. The van der Waals surface area contributed by atoms with E-state index in [0.29, 0.717) is 24.9 Å². The Hall–Kier alpha value is -2.24. The highest BCUT2D eigenvalue weighted by molar-refractivity contribution is 5.73. The molecule has 0 aliphatic heterocycles. The standard InChI is InChI=1S/C24H36O6/c1-23(2,22(28)29)13-7-4-6-10-19-20(26)12-11-18(21(19)27)9-5-3-8-14-24(15-16-24)30-17-25/h11-12,17,26-27H,3-10,13-16H2,1-2H3,(H,28,29). The van der Waals surface area contributed by atoms with Gasteiger partial charge in [0.15, 0.2) is 0 Å². The van der Waals surface area contributed by atoms with Crippen molar-refractivity contribution in [1.29, 1.82) is 0 Å². The minimum Gasteiger partial charge on any atom is -0.508 e. The predicted molar refractivity (Wildman–Crippen MR) is 115 cm³/mol. The van der Waals surface area contributed by atoms with Gasteiger partial charge in [0.05, 0.1) is 5.41 Å². The van der Waals surface area contributed by atoms with Crippen LogP contribution in [0.15, 0.2) is 12.1 Å². The average Bonchev–Trinajstić information content (AvgIpc) is 3.45. The third-order valence-corrected chi connectivity index (χ3v) is 6.33. The number of hydrogen-bond acceptors (Lipinski definition) is 5. The molecule has 1 aliphatic carbocycles. The Labute approximate surface area is 179 Å². The topological polar surface area (TPSA) is 104 Å². The molecule has 0 radical (unpaired) electrons. The molecule has 0 amide bonds. The SMILES string of the molecule is CC(C)(CCCCCc1c(O)ccc(CCCCCC2(OC=O)CC2)c1O)C(=O)O. The lowest BCUT2D eigenvalue weighted by Crippen LogP contribution is -2.23. The Morgan fingerprint density at radius 1 is 1.07 bits per heavy atom. The van der Waals surface area contributed by atoms with E-state index in [1.165, 1.54) is 0 Å². The van der Waals surface area contributed by atoms with Crippen molar-refractivity contribution in [1.82, 2.24) is 0 Å². The number of benzene rings is 1. The van der Waals surface area contributed by atoms with Crippen molar-refractivity contribution in [2.24, 2.45) is 5.41 Å². The van der Waals surface area contributed by atoms with Gasteiger partial charge in [0.25, 0.3) is 6.47 Å². The first-order valence-electron chi connectivity index (χ1n) is 11.1. The molecule has 1 aliphatic rings. The van der Waals surface area contributed by atoms with Crippen LogP contribution in [0.5, 0.6) is 11.5 Å². The van der Waals surface area contributed by atoms with Crippen LogP contribution >= 0.6 is 0 Å². The first kappa shape index (κ1) is 24.0. The van der Waals surface area contributed by atoms with Crippen molar-refractivity contribution in [3.63, 3.8) is 0 Å². The van der Waals surface area contributed by atoms with E-state index < -0.39 is 11.4 Å². The normalized spacial score (nSPS) is 15.0. The zero-order valence-corrected chi connectivity index (χ0v) is 18.3. The van der Waals surface area contributed by atoms with Crippen LogP contribution in [0.3, 0.4) is 0 Å². The highest BCUT2D eigenvalue weighted by atomic mass is 16.5. The Bertz CT molecular complexity index is 721. The maximum atomic E-state index is 11.2. The van der Waals surface area contributed by atoms with Gasteiger partial charge in [-0.2, -0.15) is 0 Å². The molecule has 30 heavy (non-hydrogen) atoms. The first-order valence-corrected chi connectivity index (χ1v) is 11.1. The molecule has 0 spiro atoms. The molecule has 1 aromatic rings. The van der Waals surface area contributed by atoms with Crippen LogP contribution in [0.4, 0.5) is 0 Å². The molecule has 168 valence electrons. The summed E-state index contributed by atoms with van der Waals surface area (Å²) < 4.78 is 5.16. The Kier molecular flexibility index (Phi) is 8.56. The average molecular weight is 421 g/mol. The summed E-state index contributed by atoms with van der Waals surface area (Å²) >= 11 is 0. The lowest BCUT2D eigenvalue weighted by molar-refractivity contribution is -0.147. The highest BCUT2D eigenvalue weighted by Gasteiger charge is 2.44. The number of aromatic hydroxyl groups is 2. The summed E-state index contributed by atoms with van der Waals surface area (Å²) in [6.45, 7) is 4.02. The number of carboxylic acids is 1. The zero-order valence-electron chi connectivity index (χ0n) is 18.3. The van der Waals surface area contributed by atoms with Gasteiger partial charge < -0.3 is 20.1 Å². The summed E-state index contributed by atoms with van der Waals surface area (Å²) in [5, 5.41) is 29.9. The second-order valence-electron chi connectivity index (χ2n) is 9.28. The summed E-state index contributed by atoms with van der Waals surface area (Å²) in [7, 11) is 0. The Balaban J connectivity index is 1.74. The van der Waals surface area contributed by atoms with Gasteiger partial charge in [-0.05, 0) is 83.3 Å². The largest absolute Gasteiger partial charge is 0.508 e. The number of carboxylic acid groups (broad SMARTS) is 1. The van der Waals surface area contributed by atoms with Crippen LogP contribution in [-0.2, 0) is 27.2 Å². The van der Waals surface area contributed by atoms with Gasteiger partial charge in [0.2, 0.25) is 0 Å². The van der Waals surface area contributed by atoms with Crippen molar-refractivity contribution < 1.29 is 29.6 Å². The molecule has 0 aromatic heterocycles. The minimum absolute atomic E-state index is 0.115. The van der Waals surface area contributed by atoms with Crippen LogP contribution in [0.1, 0.15) is 89.2 Å². The van der Waals surface area contributed by atoms with E-state index in [4.69, 9.17) is 9.84 Å². The van der Waals surface area contributed by atoms with Gasteiger partial charge in [0, 0.05) is 5.56 Å². The van der Waals surface area contributed by atoms with Gasteiger partial charge in [-0.3, -0.25) is 9.59 Å². The number of phenolic OH excluding ortho intramolecular Hbond substituents is 2. The Morgan fingerprint density at radius 2 is 1.73 bits per heavy atom. The highest BCUT2D eigenvalue weighted by Crippen LogP contribution is 2.43. The fraction of sp³-hybridized carbons (Fsp3) is 0.667. The second-order valence-corrected chi connectivity index (χ2v) is 9.28. The zero-order chi connectivity index (χ0) is 22.2. The van der Waals surface area contributed by atoms with Crippen molar-refractivity contribution in [3.05, 3.63) is 23.3 Å². The maximum Gasteiger partial charge on any atom is 0.309 e. The van der Waals surface area contributed by atoms with E-state index in [-0.39, 0.29) is 17.1 Å².